The van der Waals surface area contributed by atoms with Crippen molar-refractivity contribution < 1.29 is 0 Å². The Kier molecular flexibility index (Phi) is 2.37. The van der Waals surface area contributed by atoms with E-state index >= 15 is 0 Å². The van der Waals surface area contributed by atoms with Gasteiger partial charge in [0.1, 0.15) is 0 Å². The van der Waals surface area contributed by atoms with Crippen LogP contribution in [0, 0.1) is 5.92 Å². The van der Waals surface area contributed by atoms with Crippen LogP contribution >= 0.6 is 27.5 Å². The van der Waals surface area contributed by atoms with Gasteiger partial charge in [0, 0.05) is 23.4 Å². The van der Waals surface area contributed by atoms with E-state index in [0.29, 0.717) is 5.92 Å². The summed E-state index contributed by atoms with van der Waals surface area (Å²) in [5, 5.41) is 0.793. The number of aromatic nitrogens is 1. The van der Waals surface area contributed by atoms with Gasteiger partial charge in [0.05, 0.1) is 9.50 Å². The third-order valence-electron chi connectivity index (χ3n) is 3.63. The van der Waals surface area contributed by atoms with Crippen molar-refractivity contribution in [3.8, 4) is 0 Å². The maximum absolute atomic E-state index is 6.36. The predicted octanol–water partition coefficient (Wildman–Crippen LogP) is 4.27. The molecule has 4 heteroatoms. The highest BCUT2D eigenvalue weighted by Gasteiger charge is 2.58. The van der Waals surface area contributed by atoms with Gasteiger partial charge in [0.15, 0.2) is 5.82 Å². The van der Waals surface area contributed by atoms with E-state index < -0.39 is 0 Å². The van der Waals surface area contributed by atoms with Crippen molar-refractivity contribution in [3.05, 3.63) is 21.3 Å². The van der Waals surface area contributed by atoms with Crippen molar-refractivity contribution in [1.29, 1.82) is 0 Å². The first kappa shape index (κ1) is 10.7. The van der Waals surface area contributed by atoms with Crippen LogP contribution in [0.4, 0.5) is 5.82 Å². The molecule has 0 radical (unpaired) electrons. The second-order valence-electron chi connectivity index (χ2n) is 4.61. The van der Waals surface area contributed by atoms with Gasteiger partial charge < -0.3 is 0 Å². The number of pyridine rings is 1. The highest BCUT2D eigenvalue weighted by Crippen LogP contribution is 2.61. The first-order valence-corrected chi connectivity index (χ1v) is 6.76. The molecule has 2 nitrogen and oxygen atoms in total. The van der Waals surface area contributed by atoms with E-state index in [1.807, 2.05) is 0 Å². The Balaban J connectivity index is 2.06. The molecule has 1 aromatic heterocycles. The summed E-state index contributed by atoms with van der Waals surface area (Å²) >= 11 is 9.80. The van der Waals surface area contributed by atoms with Crippen LogP contribution < -0.4 is 0 Å². The summed E-state index contributed by atoms with van der Waals surface area (Å²) in [4.78, 5) is 8.73. The molecule has 0 N–H and O–H groups in total. The highest BCUT2D eigenvalue weighted by atomic mass is 79.9. The molecule has 1 aliphatic heterocycles. The standard InChI is InChI=1S/C12H12BrClN2/c1-2-3-7-4-12(7)6-16-11-9(12)10(14)8(13)5-15-11/h5-7H,2-4H2,1H3. The van der Waals surface area contributed by atoms with Crippen LogP contribution in [0.2, 0.25) is 5.02 Å². The number of nitrogens with zero attached hydrogens (tertiary/aromatic N) is 2. The molecular formula is C12H12BrClN2. The molecule has 84 valence electrons. The summed E-state index contributed by atoms with van der Waals surface area (Å²) in [5.74, 6) is 1.52. The first-order chi connectivity index (χ1) is 7.69. The molecule has 0 amide bonds. The fourth-order valence-corrected chi connectivity index (χ4v) is 3.34. The summed E-state index contributed by atoms with van der Waals surface area (Å²) in [7, 11) is 0. The molecule has 0 saturated heterocycles. The molecule has 16 heavy (non-hydrogen) atoms. The van der Waals surface area contributed by atoms with E-state index in [1.54, 1.807) is 6.20 Å². The summed E-state index contributed by atoms with van der Waals surface area (Å²) in [6.45, 7) is 2.22. The molecule has 1 fully saturated rings. The van der Waals surface area contributed by atoms with Gasteiger partial charge in [-0.3, -0.25) is 0 Å². The Bertz CT molecular complexity index is 486. The zero-order chi connectivity index (χ0) is 11.3. The molecule has 0 aromatic carbocycles. The van der Waals surface area contributed by atoms with Gasteiger partial charge in [-0.05, 0) is 34.7 Å². The molecule has 1 aliphatic carbocycles. The maximum atomic E-state index is 6.36. The summed E-state index contributed by atoms with van der Waals surface area (Å²) in [5.41, 5.74) is 1.25. The van der Waals surface area contributed by atoms with Crippen molar-refractivity contribution in [2.24, 2.45) is 10.9 Å². The maximum Gasteiger partial charge on any atom is 0.157 e. The average molecular weight is 300 g/mol. The van der Waals surface area contributed by atoms with Crippen LogP contribution in [0.25, 0.3) is 0 Å². The van der Waals surface area contributed by atoms with Crippen molar-refractivity contribution >= 4 is 39.6 Å². The lowest BCUT2D eigenvalue weighted by molar-refractivity contribution is 0.663. The van der Waals surface area contributed by atoms with Gasteiger partial charge in [0.2, 0.25) is 0 Å². The lowest BCUT2D eigenvalue weighted by Gasteiger charge is -2.11. The fourth-order valence-electron chi connectivity index (χ4n) is 2.73. The van der Waals surface area contributed by atoms with Gasteiger partial charge in [-0.2, -0.15) is 0 Å². The molecule has 1 saturated carbocycles. The normalized spacial score (nSPS) is 29.8. The molecule has 2 aliphatic rings. The largest absolute Gasteiger partial charge is 0.240 e. The number of hydrogen-bond acceptors (Lipinski definition) is 2. The summed E-state index contributed by atoms with van der Waals surface area (Å²) in [6.07, 6.45) is 7.43. The Morgan fingerprint density at radius 1 is 1.62 bits per heavy atom. The van der Waals surface area contributed by atoms with Crippen LogP contribution in [-0.2, 0) is 5.41 Å². The number of fused-ring (bicyclic) bond motifs is 2. The molecule has 3 rings (SSSR count). The minimum Gasteiger partial charge on any atom is -0.240 e. The Morgan fingerprint density at radius 2 is 2.44 bits per heavy atom. The molecule has 0 bridgehead atoms. The highest BCUT2D eigenvalue weighted by molar-refractivity contribution is 9.10. The van der Waals surface area contributed by atoms with Crippen molar-refractivity contribution in [1.82, 2.24) is 4.98 Å². The van der Waals surface area contributed by atoms with Gasteiger partial charge in [-0.1, -0.05) is 24.9 Å². The molecule has 1 spiro atoms. The lowest BCUT2D eigenvalue weighted by atomic mass is 9.95. The van der Waals surface area contributed by atoms with Gasteiger partial charge in [-0.15, -0.1) is 0 Å². The minimum absolute atomic E-state index is 0.110. The fraction of sp³-hybridized carbons (Fsp3) is 0.500. The Labute approximate surface area is 108 Å². The number of rotatable bonds is 2. The van der Waals surface area contributed by atoms with E-state index in [2.05, 4.69) is 39.0 Å². The van der Waals surface area contributed by atoms with E-state index in [0.717, 1.165) is 20.9 Å². The monoisotopic (exact) mass is 298 g/mol. The van der Waals surface area contributed by atoms with Crippen molar-refractivity contribution in [2.75, 3.05) is 0 Å². The van der Waals surface area contributed by atoms with Crippen LogP contribution in [0.15, 0.2) is 15.7 Å². The van der Waals surface area contributed by atoms with Crippen LogP contribution in [0.5, 0.6) is 0 Å². The quantitative estimate of drug-likeness (QED) is 0.800. The average Bonchev–Trinajstić information content (AvgIpc) is 2.81. The van der Waals surface area contributed by atoms with Crippen LogP contribution in [0.3, 0.4) is 0 Å². The number of aliphatic imine (C=N–C) groups is 1. The third-order valence-corrected chi connectivity index (χ3v) is 4.85. The molecular weight excluding hydrogens is 288 g/mol. The van der Waals surface area contributed by atoms with Gasteiger partial charge in [0.25, 0.3) is 0 Å². The predicted molar refractivity (Wildman–Crippen MR) is 69.8 cm³/mol. The second-order valence-corrected chi connectivity index (χ2v) is 5.84. The van der Waals surface area contributed by atoms with Gasteiger partial charge in [-0.25, -0.2) is 9.98 Å². The lowest BCUT2D eigenvalue weighted by Crippen LogP contribution is -2.09. The molecule has 1 aromatic rings. The van der Waals surface area contributed by atoms with E-state index in [-0.39, 0.29) is 5.41 Å². The van der Waals surface area contributed by atoms with Crippen LogP contribution in [0.1, 0.15) is 31.7 Å². The molecule has 2 atom stereocenters. The first-order valence-electron chi connectivity index (χ1n) is 5.58. The second kappa shape index (κ2) is 3.54. The van der Waals surface area contributed by atoms with Crippen molar-refractivity contribution in [2.45, 2.75) is 31.6 Å². The summed E-state index contributed by atoms with van der Waals surface area (Å²) in [6, 6.07) is 0. The van der Waals surface area contributed by atoms with E-state index in [4.69, 9.17) is 11.6 Å². The zero-order valence-corrected chi connectivity index (χ0v) is 11.3. The summed E-state index contributed by atoms with van der Waals surface area (Å²) < 4.78 is 0.875. The smallest absolute Gasteiger partial charge is 0.157 e. The van der Waals surface area contributed by atoms with E-state index in [9.17, 15) is 0 Å². The number of halogens is 2. The zero-order valence-electron chi connectivity index (χ0n) is 9.00. The Morgan fingerprint density at radius 3 is 3.19 bits per heavy atom. The minimum atomic E-state index is 0.110. The SMILES string of the molecule is CCCC1CC12C=Nc1ncc(Br)c(Cl)c12. The number of hydrogen-bond donors (Lipinski definition) is 0. The van der Waals surface area contributed by atoms with Gasteiger partial charge >= 0.3 is 0 Å². The molecule has 2 heterocycles. The van der Waals surface area contributed by atoms with Crippen LogP contribution in [-0.4, -0.2) is 11.2 Å². The Hall–Kier alpha value is -0.410. The third kappa shape index (κ3) is 1.31. The topological polar surface area (TPSA) is 25.2 Å². The van der Waals surface area contributed by atoms with Crippen molar-refractivity contribution in [3.63, 3.8) is 0 Å². The van der Waals surface area contributed by atoms with E-state index in [1.165, 1.54) is 19.3 Å². The molecule has 2 unspecified atom stereocenters.